The molecule has 0 saturated carbocycles. The van der Waals surface area contributed by atoms with Crippen molar-refractivity contribution in [2.45, 2.75) is 31.9 Å². The Balaban J connectivity index is 1.57. The van der Waals surface area contributed by atoms with Crippen LogP contribution in [-0.2, 0) is 23.7 Å². The van der Waals surface area contributed by atoms with Gasteiger partial charge in [-0.2, -0.15) is 0 Å². The van der Waals surface area contributed by atoms with Gasteiger partial charge in [-0.05, 0) is 61.3 Å². The normalized spacial score (nSPS) is 13.0. The molecule has 0 aliphatic carbocycles. The maximum atomic E-state index is 13.6. The molecule has 0 aromatic heterocycles. The lowest BCUT2D eigenvalue weighted by atomic mass is 10.1. The molecule has 0 bridgehead atoms. The number of hydrogen-bond donors (Lipinski definition) is 3. The van der Waals surface area contributed by atoms with Gasteiger partial charge in [-0.25, -0.2) is 0 Å². The first-order chi connectivity index (χ1) is 18.4. The maximum Gasteiger partial charge on any atom is 0.260 e. The second-order valence-electron chi connectivity index (χ2n) is 9.09. The van der Waals surface area contributed by atoms with E-state index in [9.17, 15) is 9.59 Å². The van der Waals surface area contributed by atoms with Crippen molar-refractivity contribution in [2.75, 3.05) is 43.3 Å². The zero-order valence-corrected chi connectivity index (χ0v) is 22.8. The van der Waals surface area contributed by atoms with Crippen LogP contribution in [0.2, 0.25) is 0 Å². The fourth-order valence-corrected chi connectivity index (χ4v) is 4.60. The number of nitrogens with zero attached hydrogens (tertiary/aromatic N) is 1. The van der Waals surface area contributed by atoms with Gasteiger partial charge in [0, 0.05) is 36.9 Å². The van der Waals surface area contributed by atoms with Crippen LogP contribution in [0.4, 0.5) is 17.1 Å². The van der Waals surface area contributed by atoms with Gasteiger partial charge < -0.3 is 30.3 Å². The van der Waals surface area contributed by atoms with E-state index in [1.807, 2.05) is 36.4 Å². The predicted molar refractivity (Wildman–Crippen MR) is 152 cm³/mol. The summed E-state index contributed by atoms with van der Waals surface area (Å²) in [5.41, 5.74) is 5.56. The highest BCUT2D eigenvalue weighted by Gasteiger charge is 2.28. The van der Waals surface area contributed by atoms with E-state index < -0.39 is 0 Å². The molecule has 2 amide bonds. The summed E-state index contributed by atoms with van der Waals surface area (Å²) in [6, 6.07) is 16.7. The fourth-order valence-electron chi connectivity index (χ4n) is 4.45. The zero-order chi connectivity index (χ0) is 27.2. The Morgan fingerprint density at radius 2 is 1.82 bits per heavy atom. The molecule has 38 heavy (non-hydrogen) atoms. The Labute approximate surface area is 228 Å². The molecule has 8 nitrogen and oxygen atoms in total. The number of benzene rings is 3. The molecule has 9 heteroatoms. The summed E-state index contributed by atoms with van der Waals surface area (Å²) in [5.74, 6) is 0.982. The van der Waals surface area contributed by atoms with E-state index in [0.717, 1.165) is 28.8 Å². The van der Waals surface area contributed by atoms with Crippen LogP contribution >= 0.6 is 11.6 Å². The van der Waals surface area contributed by atoms with Crippen molar-refractivity contribution in [1.82, 2.24) is 5.32 Å². The molecular formula is C29H33ClN4O4. The molecule has 200 valence electrons. The Kier molecular flexibility index (Phi) is 8.76. The van der Waals surface area contributed by atoms with Gasteiger partial charge in [0.15, 0.2) is 11.5 Å². The van der Waals surface area contributed by atoms with Crippen LogP contribution in [0.5, 0.6) is 11.5 Å². The first-order valence-electron chi connectivity index (χ1n) is 12.5. The van der Waals surface area contributed by atoms with E-state index >= 15 is 0 Å². The van der Waals surface area contributed by atoms with Crippen molar-refractivity contribution < 1.29 is 19.1 Å². The molecule has 3 aromatic rings. The molecule has 1 heterocycles. The monoisotopic (exact) mass is 536 g/mol. The summed E-state index contributed by atoms with van der Waals surface area (Å²) in [6.45, 7) is 2.62. The number of carbonyl (C=O) groups excluding carboxylic acids is 2. The van der Waals surface area contributed by atoms with Gasteiger partial charge in [-0.3, -0.25) is 9.59 Å². The largest absolute Gasteiger partial charge is 0.493 e. The Morgan fingerprint density at radius 1 is 1.05 bits per heavy atom. The number of fused-ring (bicyclic) bond motifs is 1. The van der Waals surface area contributed by atoms with Crippen molar-refractivity contribution in [3.63, 3.8) is 0 Å². The molecule has 0 fully saturated rings. The molecule has 3 aromatic carbocycles. The Hall–Kier alpha value is -3.75. The summed E-state index contributed by atoms with van der Waals surface area (Å²) in [4.78, 5) is 27.7. The van der Waals surface area contributed by atoms with Gasteiger partial charge >= 0.3 is 0 Å². The molecule has 0 spiro atoms. The third-order valence-electron chi connectivity index (χ3n) is 6.63. The number of methoxy groups -OCH3 is 1. The highest BCUT2D eigenvalue weighted by molar-refractivity contribution is 6.17. The topological polar surface area (TPSA) is 91.9 Å². The second-order valence-corrected chi connectivity index (χ2v) is 9.36. The van der Waals surface area contributed by atoms with Crippen LogP contribution < -0.4 is 30.3 Å². The van der Waals surface area contributed by atoms with Gasteiger partial charge in [0.2, 0.25) is 5.91 Å². The average Bonchev–Trinajstić information content (AvgIpc) is 3.38. The number of ether oxygens (including phenoxy) is 2. The van der Waals surface area contributed by atoms with Crippen LogP contribution in [0.3, 0.4) is 0 Å². The number of rotatable bonds is 10. The lowest BCUT2D eigenvalue weighted by molar-refractivity contribution is -0.117. The molecule has 3 N–H and O–H groups in total. The Bertz CT molecular complexity index is 1330. The second kappa shape index (κ2) is 12.2. The smallest absolute Gasteiger partial charge is 0.260 e. The predicted octanol–water partition coefficient (Wildman–Crippen LogP) is 4.80. The van der Waals surface area contributed by atoms with Gasteiger partial charge in [-0.15, -0.1) is 11.6 Å². The van der Waals surface area contributed by atoms with E-state index in [0.29, 0.717) is 40.9 Å². The maximum absolute atomic E-state index is 13.6. The summed E-state index contributed by atoms with van der Waals surface area (Å²) in [6.07, 6.45) is 0.826. The van der Waals surface area contributed by atoms with Crippen LogP contribution in [0.25, 0.3) is 0 Å². The van der Waals surface area contributed by atoms with E-state index in [-0.39, 0.29) is 24.5 Å². The number of amides is 2. The average molecular weight is 537 g/mol. The van der Waals surface area contributed by atoms with Crippen LogP contribution in [0.15, 0.2) is 54.6 Å². The number of nitrogens with one attached hydrogen (secondary N) is 3. The van der Waals surface area contributed by atoms with E-state index in [4.69, 9.17) is 21.1 Å². The Morgan fingerprint density at radius 3 is 2.53 bits per heavy atom. The minimum absolute atomic E-state index is 0.102. The first kappa shape index (κ1) is 27.3. The molecule has 4 rings (SSSR count). The number of alkyl halides is 1. The molecule has 0 radical (unpaired) electrons. The summed E-state index contributed by atoms with van der Waals surface area (Å²) in [7, 11) is 5.05. The van der Waals surface area contributed by atoms with Crippen molar-refractivity contribution in [3.05, 3.63) is 76.9 Å². The summed E-state index contributed by atoms with van der Waals surface area (Å²) < 4.78 is 11.8. The van der Waals surface area contributed by atoms with Crippen LogP contribution in [0, 0.1) is 0 Å². The highest BCUT2D eigenvalue weighted by atomic mass is 35.5. The quantitative estimate of drug-likeness (QED) is 0.322. The van der Waals surface area contributed by atoms with E-state index in [1.165, 1.54) is 0 Å². The van der Waals surface area contributed by atoms with Gasteiger partial charge in [0.1, 0.15) is 6.61 Å². The van der Waals surface area contributed by atoms with E-state index in [1.54, 1.807) is 45.2 Å². The molecule has 1 aliphatic heterocycles. The van der Waals surface area contributed by atoms with Crippen molar-refractivity contribution in [2.24, 2.45) is 0 Å². The number of hydrogen-bond acceptors (Lipinski definition) is 6. The first-order valence-corrected chi connectivity index (χ1v) is 13.0. The third-order valence-corrected chi connectivity index (χ3v) is 6.94. The van der Waals surface area contributed by atoms with Crippen molar-refractivity contribution >= 4 is 40.5 Å². The zero-order valence-electron chi connectivity index (χ0n) is 22.1. The number of anilines is 3. The fraction of sp³-hybridized carbons (Fsp3) is 0.310. The third kappa shape index (κ3) is 5.87. The van der Waals surface area contributed by atoms with Gasteiger partial charge in [0.25, 0.3) is 5.91 Å². The van der Waals surface area contributed by atoms with Crippen molar-refractivity contribution in [1.29, 1.82) is 0 Å². The molecule has 1 atom stereocenters. The standard InChI is InChI=1S/C29H33ClN4O4/c1-18(31-2)28(35)33-22-12-19(16-30)11-20(13-22)17-38-27-15-24(32-3)23(14-26(27)37-4)29(36)34-10-9-21-7-5-6-8-25(21)34/h5-8,11-15,18,31-32H,9-10,16-17H2,1-4H3,(H,33,35). The molecular weight excluding hydrogens is 504 g/mol. The lowest BCUT2D eigenvalue weighted by Crippen LogP contribution is -2.35. The molecule has 1 aliphatic rings. The number of para-hydroxylation sites is 1. The van der Waals surface area contributed by atoms with Gasteiger partial charge in [0.05, 0.1) is 24.4 Å². The van der Waals surface area contributed by atoms with Gasteiger partial charge in [-0.1, -0.05) is 24.3 Å². The van der Waals surface area contributed by atoms with Crippen LogP contribution in [-0.4, -0.2) is 45.6 Å². The minimum Gasteiger partial charge on any atom is -0.493 e. The summed E-state index contributed by atoms with van der Waals surface area (Å²) in [5, 5.41) is 8.96. The lowest BCUT2D eigenvalue weighted by Gasteiger charge is -2.21. The highest BCUT2D eigenvalue weighted by Crippen LogP contribution is 2.37. The van der Waals surface area contributed by atoms with Crippen molar-refractivity contribution in [3.8, 4) is 11.5 Å². The summed E-state index contributed by atoms with van der Waals surface area (Å²) >= 11 is 6.10. The molecule has 1 unspecified atom stereocenters. The van der Waals surface area contributed by atoms with E-state index in [2.05, 4.69) is 22.0 Å². The number of likely N-dealkylation sites (N-methyl/N-ethyl adjacent to an activating group) is 1. The van der Waals surface area contributed by atoms with Crippen LogP contribution in [0.1, 0.15) is 34.0 Å². The minimum atomic E-state index is -0.339. The number of halogens is 1. The SMILES string of the molecule is CNc1cc(OCc2cc(CCl)cc(NC(=O)C(C)NC)c2)c(OC)cc1C(=O)N1CCc2ccccc21. The number of carbonyl (C=O) groups is 2. The molecule has 0 saturated heterocycles.